The highest BCUT2D eigenvalue weighted by atomic mass is 32.1. The number of ether oxygens (including phenoxy) is 1. The molecule has 2 aromatic carbocycles. The maximum Gasteiger partial charge on any atom is 0.306 e. The molecule has 0 atom stereocenters. The van der Waals surface area contributed by atoms with Crippen molar-refractivity contribution in [3.05, 3.63) is 81.2 Å². The third-order valence-corrected chi connectivity index (χ3v) is 6.11. The molecule has 160 valence electrons. The first-order valence-electron chi connectivity index (χ1n) is 10.0. The zero-order valence-corrected chi connectivity index (χ0v) is 17.6. The van der Waals surface area contributed by atoms with Crippen LogP contribution in [-0.4, -0.2) is 38.6 Å². The molecule has 5 rings (SSSR count). The third-order valence-electron chi connectivity index (χ3n) is 5.36. The van der Waals surface area contributed by atoms with Crippen molar-refractivity contribution in [2.75, 3.05) is 6.54 Å². The van der Waals surface area contributed by atoms with E-state index in [-0.39, 0.29) is 43.4 Å². The topological polar surface area (TPSA) is 98.0 Å². The second-order valence-corrected chi connectivity index (χ2v) is 8.25. The van der Waals surface area contributed by atoms with Gasteiger partial charge in [-0.1, -0.05) is 24.3 Å². The molecule has 32 heavy (non-hydrogen) atoms. The molecule has 9 heteroatoms. The maximum atomic E-state index is 12.9. The first kappa shape index (κ1) is 20.1. The number of hydrogen-bond acceptors (Lipinski definition) is 7. The van der Waals surface area contributed by atoms with Crippen LogP contribution in [0.5, 0.6) is 0 Å². The Balaban J connectivity index is 1.20. The van der Waals surface area contributed by atoms with Crippen molar-refractivity contribution in [2.45, 2.75) is 19.4 Å². The number of imide groups is 1. The fourth-order valence-corrected chi connectivity index (χ4v) is 4.59. The first-order valence-corrected chi connectivity index (χ1v) is 10.9. The molecule has 1 aliphatic heterocycles. The van der Waals surface area contributed by atoms with Gasteiger partial charge in [0.05, 0.1) is 5.69 Å². The van der Waals surface area contributed by atoms with E-state index in [1.807, 2.05) is 12.1 Å². The molecule has 1 aliphatic rings. The van der Waals surface area contributed by atoms with Gasteiger partial charge in [-0.15, -0.1) is 11.3 Å². The van der Waals surface area contributed by atoms with E-state index >= 15 is 0 Å². The van der Waals surface area contributed by atoms with Crippen LogP contribution in [0.15, 0.2) is 58.8 Å². The summed E-state index contributed by atoms with van der Waals surface area (Å²) in [7, 11) is 0. The number of carbonyl (C=O) groups is 3. The zero-order chi connectivity index (χ0) is 22.2. The van der Waals surface area contributed by atoms with Crippen LogP contribution in [0.1, 0.15) is 39.3 Å². The molecule has 3 heterocycles. The molecule has 0 aliphatic carbocycles. The number of fused-ring (bicyclic) bond motifs is 1. The van der Waals surface area contributed by atoms with E-state index in [0.717, 1.165) is 5.39 Å². The Labute approximate surface area is 185 Å². The number of esters is 1. The molecule has 0 fully saturated rings. The van der Waals surface area contributed by atoms with Gasteiger partial charge in [-0.3, -0.25) is 28.5 Å². The minimum atomic E-state index is -0.488. The third kappa shape index (κ3) is 3.46. The van der Waals surface area contributed by atoms with E-state index < -0.39 is 5.97 Å². The number of thiazole rings is 1. The van der Waals surface area contributed by atoms with Gasteiger partial charge < -0.3 is 4.74 Å². The number of amides is 2. The van der Waals surface area contributed by atoms with Gasteiger partial charge in [-0.2, -0.15) is 0 Å². The van der Waals surface area contributed by atoms with Crippen LogP contribution < -0.4 is 5.56 Å². The van der Waals surface area contributed by atoms with Gasteiger partial charge in [0.25, 0.3) is 17.4 Å². The van der Waals surface area contributed by atoms with Gasteiger partial charge in [0.1, 0.15) is 6.61 Å². The second-order valence-electron chi connectivity index (χ2n) is 7.38. The number of hydrogen-bond donors (Lipinski definition) is 0. The summed E-state index contributed by atoms with van der Waals surface area (Å²) in [4.78, 5) is 55.9. The lowest BCUT2D eigenvalue weighted by Gasteiger charge is -2.27. The first-order chi connectivity index (χ1) is 15.5. The molecule has 0 saturated heterocycles. The van der Waals surface area contributed by atoms with E-state index in [2.05, 4.69) is 4.98 Å². The molecular formula is C23H17N3O5S. The number of nitrogens with zero attached hydrogens (tertiary/aromatic N) is 3. The summed E-state index contributed by atoms with van der Waals surface area (Å²) in [5.41, 5.74) is 1.11. The van der Waals surface area contributed by atoms with Crippen LogP contribution >= 0.6 is 11.3 Å². The zero-order valence-electron chi connectivity index (χ0n) is 16.8. The molecule has 0 N–H and O–H groups in total. The summed E-state index contributed by atoms with van der Waals surface area (Å²) >= 11 is 1.32. The normalized spacial score (nSPS) is 13.2. The Kier molecular flexibility index (Phi) is 5.02. The van der Waals surface area contributed by atoms with Gasteiger partial charge in [0, 0.05) is 47.1 Å². The van der Waals surface area contributed by atoms with Crippen molar-refractivity contribution in [1.82, 2.24) is 14.3 Å². The Morgan fingerprint density at radius 3 is 2.47 bits per heavy atom. The van der Waals surface area contributed by atoms with Crippen molar-refractivity contribution in [3.8, 4) is 0 Å². The van der Waals surface area contributed by atoms with E-state index in [1.54, 1.807) is 35.8 Å². The lowest BCUT2D eigenvalue weighted by Crippen LogP contribution is -2.41. The molecule has 4 aromatic rings. The molecule has 0 radical (unpaired) electrons. The van der Waals surface area contributed by atoms with Gasteiger partial charge in [-0.05, 0) is 23.9 Å². The van der Waals surface area contributed by atoms with E-state index in [9.17, 15) is 19.2 Å². The second kappa shape index (κ2) is 8.01. The molecular weight excluding hydrogens is 430 g/mol. The average molecular weight is 447 g/mol. The summed E-state index contributed by atoms with van der Waals surface area (Å²) in [6, 6.07) is 12.1. The van der Waals surface area contributed by atoms with Crippen LogP contribution in [0.3, 0.4) is 0 Å². The van der Waals surface area contributed by atoms with E-state index in [1.165, 1.54) is 26.7 Å². The Bertz CT molecular complexity index is 1400. The summed E-state index contributed by atoms with van der Waals surface area (Å²) in [5.74, 6) is -1.21. The number of rotatable bonds is 6. The summed E-state index contributed by atoms with van der Waals surface area (Å²) in [6.07, 6.45) is 1.94. The quantitative estimate of drug-likeness (QED) is 0.333. The van der Waals surface area contributed by atoms with Crippen LogP contribution in [0.25, 0.3) is 15.7 Å². The van der Waals surface area contributed by atoms with E-state index in [0.29, 0.717) is 27.2 Å². The predicted octanol–water partition coefficient (Wildman–Crippen LogP) is 3.03. The van der Waals surface area contributed by atoms with Crippen molar-refractivity contribution >= 4 is 44.9 Å². The average Bonchev–Trinajstić information content (AvgIpc) is 3.27. The Hall–Kier alpha value is -3.85. The van der Waals surface area contributed by atoms with Crippen molar-refractivity contribution in [2.24, 2.45) is 0 Å². The monoisotopic (exact) mass is 447 g/mol. The number of aromatic nitrogens is 2. The highest BCUT2D eigenvalue weighted by molar-refractivity contribution is 7.15. The molecule has 0 saturated carbocycles. The molecule has 0 spiro atoms. The molecule has 2 aromatic heterocycles. The SMILES string of the molecule is O=C(CCCN1C(=O)c2cccc3cccc(c23)C1=O)OCc1cc(=O)n2ccsc2n1. The van der Waals surface area contributed by atoms with Crippen molar-refractivity contribution in [3.63, 3.8) is 0 Å². The fourth-order valence-electron chi connectivity index (χ4n) is 3.85. The van der Waals surface area contributed by atoms with Crippen LogP contribution in [0.4, 0.5) is 0 Å². The fraction of sp³-hybridized carbons (Fsp3) is 0.174. The lowest BCUT2D eigenvalue weighted by atomic mass is 9.94. The van der Waals surface area contributed by atoms with E-state index in [4.69, 9.17) is 4.74 Å². The Morgan fingerprint density at radius 2 is 1.75 bits per heavy atom. The van der Waals surface area contributed by atoms with Gasteiger partial charge in [0.2, 0.25) is 0 Å². The Morgan fingerprint density at radius 1 is 1.03 bits per heavy atom. The molecule has 0 bridgehead atoms. The lowest BCUT2D eigenvalue weighted by molar-refractivity contribution is -0.145. The molecule has 8 nitrogen and oxygen atoms in total. The largest absolute Gasteiger partial charge is 0.459 e. The summed E-state index contributed by atoms with van der Waals surface area (Å²) < 4.78 is 6.64. The van der Waals surface area contributed by atoms with Gasteiger partial charge >= 0.3 is 5.97 Å². The highest BCUT2D eigenvalue weighted by Crippen LogP contribution is 2.30. The van der Waals surface area contributed by atoms with Crippen LogP contribution in [0, 0.1) is 0 Å². The number of carbonyl (C=O) groups excluding carboxylic acids is 3. The predicted molar refractivity (Wildman–Crippen MR) is 118 cm³/mol. The van der Waals surface area contributed by atoms with Crippen LogP contribution in [0.2, 0.25) is 0 Å². The molecule has 0 unspecified atom stereocenters. The number of benzene rings is 2. The van der Waals surface area contributed by atoms with Gasteiger partial charge in [0.15, 0.2) is 4.96 Å². The van der Waals surface area contributed by atoms with Crippen molar-refractivity contribution in [1.29, 1.82) is 0 Å². The van der Waals surface area contributed by atoms with Gasteiger partial charge in [-0.25, -0.2) is 4.98 Å². The maximum absolute atomic E-state index is 12.9. The molecule has 2 amide bonds. The summed E-state index contributed by atoms with van der Waals surface area (Å²) in [5, 5.41) is 3.27. The minimum absolute atomic E-state index is 0.0309. The standard InChI is InChI=1S/C23H17N3O5S/c27-18-12-15(24-23-25(18)10-11-32-23)13-31-19(28)8-3-9-26-21(29)16-6-1-4-14-5-2-7-17(20(14)16)22(26)30/h1-2,4-7,10-12H,3,8-9,13H2. The minimum Gasteiger partial charge on any atom is -0.459 e. The smallest absolute Gasteiger partial charge is 0.306 e. The van der Waals surface area contributed by atoms with Crippen LogP contribution in [-0.2, 0) is 16.1 Å². The van der Waals surface area contributed by atoms with Crippen molar-refractivity contribution < 1.29 is 19.1 Å². The summed E-state index contributed by atoms with van der Waals surface area (Å²) in [6.45, 7) is -0.00232. The highest BCUT2D eigenvalue weighted by Gasteiger charge is 2.32.